The van der Waals surface area contributed by atoms with Crippen molar-refractivity contribution in [2.75, 3.05) is 7.11 Å². The lowest BCUT2D eigenvalue weighted by atomic mass is 9.96. The monoisotopic (exact) mass is 186 g/mol. The van der Waals surface area contributed by atoms with Crippen LogP contribution in [0.5, 0.6) is 0 Å². The molecule has 0 aromatic heterocycles. The van der Waals surface area contributed by atoms with E-state index in [1.165, 1.54) is 19.3 Å². The normalized spacial score (nSPS) is 20.3. The number of hydrogen-bond donors (Lipinski definition) is 2. The molecule has 78 valence electrons. The van der Waals surface area contributed by atoms with Crippen LogP contribution in [0.25, 0.3) is 0 Å². The van der Waals surface area contributed by atoms with Gasteiger partial charge in [0.25, 0.3) is 0 Å². The molecule has 1 rings (SSSR count). The molecule has 1 aliphatic carbocycles. The zero-order valence-corrected chi connectivity index (χ0v) is 8.97. The van der Waals surface area contributed by atoms with Gasteiger partial charge in [-0.25, -0.2) is 0 Å². The van der Waals surface area contributed by atoms with Crippen molar-refractivity contribution in [3.8, 4) is 0 Å². The molecule has 3 N–H and O–H groups in total. The van der Waals surface area contributed by atoms with Crippen molar-refractivity contribution in [3.05, 3.63) is 0 Å². The van der Waals surface area contributed by atoms with Gasteiger partial charge in [-0.3, -0.25) is 11.3 Å². The summed E-state index contributed by atoms with van der Waals surface area (Å²) in [5.74, 6) is 6.42. The van der Waals surface area contributed by atoms with Gasteiger partial charge in [-0.2, -0.15) is 0 Å². The van der Waals surface area contributed by atoms with Crippen LogP contribution in [0, 0.1) is 5.92 Å². The second-order valence-corrected chi connectivity index (χ2v) is 4.71. The summed E-state index contributed by atoms with van der Waals surface area (Å²) >= 11 is 0. The van der Waals surface area contributed by atoms with Crippen LogP contribution in [0.1, 0.15) is 39.5 Å². The molecule has 13 heavy (non-hydrogen) atoms. The summed E-state index contributed by atoms with van der Waals surface area (Å²) in [6.07, 6.45) is 4.94. The molecule has 0 radical (unpaired) electrons. The summed E-state index contributed by atoms with van der Waals surface area (Å²) in [6, 6.07) is 0.405. The first-order valence-electron chi connectivity index (χ1n) is 5.08. The van der Waals surface area contributed by atoms with Gasteiger partial charge in [-0.05, 0) is 32.6 Å². The lowest BCUT2D eigenvalue weighted by Crippen LogP contribution is -2.41. The molecule has 1 unspecified atom stereocenters. The Kier molecular flexibility index (Phi) is 3.71. The molecule has 0 heterocycles. The Labute approximate surface area is 81.0 Å². The van der Waals surface area contributed by atoms with Crippen LogP contribution >= 0.6 is 0 Å². The van der Waals surface area contributed by atoms with Crippen molar-refractivity contribution in [2.24, 2.45) is 11.8 Å². The highest BCUT2D eigenvalue weighted by Gasteiger charge is 2.28. The minimum atomic E-state index is -0.0636. The summed E-state index contributed by atoms with van der Waals surface area (Å²) in [5, 5.41) is 0. The number of hydrazine groups is 1. The Morgan fingerprint density at radius 3 is 2.54 bits per heavy atom. The molecule has 1 aliphatic rings. The number of hydrogen-bond acceptors (Lipinski definition) is 3. The standard InChI is InChI=1S/C10H22N2O/c1-10(2,13-3)7-9(12-11)6-8-4-5-8/h8-9,12H,4-7,11H2,1-3H3. The predicted molar refractivity (Wildman–Crippen MR) is 54.2 cm³/mol. The fourth-order valence-corrected chi connectivity index (χ4v) is 1.64. The molecule has 0 amide bonds. The van der Waals surface area contributed by atoms with Gasteiger partial charge in [0.05, 0.1) is 5.60 Å². The fraction of sp³-hybridized carbons (Fsp3) is 1.00. The Morgan fingerprint density at radius 1 is 1.54 bits per heavy atom. The van der Waals surface area contributed by atoms with Crippen molar-refractivity contribution < 1.29 is 4.74 Å². The Balaban J connectivity index is 2.28. The lowest BCUT2D eigenvalue weighted by Gasteiger charge is -2.28. The van der Waals surface area contributed by atoms with Gasteiger partial charge in [0, 0.05) is 13.2 Å². The molecule has 3 nitrogen and oxygen atoms in total. The third-order valence-electron chi connectivity index (χ3n) is 2.84. The Bertz CT molecular complexity index is 155. The maximum Gasteiger partial charge on any atom is 0.0638 e. The van der Waals surface area contributed by atoms with E-state index in [-0.39, 0.29) is 5.60 Å². The average molecular weight is 186 g/mol. The SMILES string of the molecule is COC(C)(C)CC(CC1CC1)NN. The zero-order valence-electron chi connectivity index (χ0n) is 8.97. The molecule has 3 heteroatoms. The van der Waals surface area contributed by atoms with Crippen LogP contribution in [0.4, 0.5) is 0 Å². The van der Waals surface area contributed by atoms with Crippen molar-refractivity contribution in [2.45, 2.75) is 51.2 Å². The average Bonchev–Trinajstić information content (AvgIpc) is 2.87. The number of methoxy groups -OCH3 is 1. The maximum atomic E-state index is 5.51. The van der Waals surface area contributed by atoms with E-state index in [2.05, 4.69) is 19.3 Å². The van der Waals surface area contributed by atoms with Crippen molar-refractivity contribution >= 4 is 0 Å². The van der Waals surface area contributed by atoms with E-state index in [0.717, 1.165) is 12.3 Å². The van der Waals surface area contributed by atoms with Crippen LogP contribution < -0.4 is 11.3 Å². The van der Waals surface area contributed by atoms with Gasteiger partial charge in [-0.1, -0.05) is 12.8 Å². The molecule has 0 aromatic carbocycles. The summed E-state index contributed by atoms with van der Waals surface area (Å²) in [5.41, 5.74) is 2.82. The molecule has 0 bridgehead atoms. The summed E-state index contributed by atoms with van der Waals surface area (Å²) in [7, 11) is 1.75. The highest BCUT2D eigenvalue weighted by Crippen LogP contribution is 2.35. The quantitative estimate of drug-likeness (QED) is 0.487. The molecule has 1 fully saturated rings. The van der Waals surface area contributed by atoms with Gasteiger partial charge in [0.15, 0.2) is 0 Å². The second kappa shape index (κ2) is 4.40. The maximum absolute atomic E-state index is 5.51. The minimum absolute atomic E-state index is 0.0636. The third kappa shape index (κ3) is 4.07. The highest BCUT2D eigenvalue weighted by atomic mass is 16.5. The van der Waals surface area contributed by atoms with Crippen LogP contribution in [-0.2, 0) is 4.74 Å². The molecular weight excluding hydrogens is 164 g/mol. The molecular formula is C10H22N2O. The number of nitrogens with one attached hydrogen (secondary N) is 1. The largest absolute Gasteiger partial charge is 0.379 e. The second-order valence-electron chi connectivity index (χ2n) is 4.71. The molecule has 0 aliphatic heterocycles. The number of rotatable bonds is 6. The van der Waals surface area contributed by atoms with E-state index < -0.39 is 0 Å². The van der Waals surface area contributed by atoms with E-state index >= 15 is 0 Å². The van der Waals surface area contributed by atoms with Crippen LogP contribution in [0.15, 0.2) is 0 Å². The van der Waals surface area contributed by atoms with Crippen molar-refractivity contribution in [3.63, 3.8) is 0 Å². The van der Waals surface area contributed by atoms with E-state index in [1.807, 2.05) is 0 Å². The van der Waals surface area contributed by atoms with E-state index in [0.29, 0.717) is 6.04 Å². The highest BCUT2D eigenvalue weighted by molar-refractivity contribution is 4.83. The summed E-state index contributed by atoms with van der Waals surface area (Å²) in [6.45, 7) is 4.20. The van der Waals surface area contributed by atoms with Gasteiger partial charge in [-0.15, -0.1) is 0 Å². The van der Waals surface area contributed by atoms with E-state index in [9.17, 15) is 0 Å². The number of ether oxygens (including phenoxy) is 1. The van der Waals surface area contributed by atoms with Gasteiger partial charge < -0.3 is 4.74 Å². The van der Waals surface area contributed by atoms with E-state index in [1.54, 1.807) is 7.11 Å². The predicted octanol–water partition coefficient (Wildman–Crippen LogP) is 1.43. The molecule has 1 atom stereocenters. The molecule has 0 aromatic rings. The lowest BCUT2D eigenvalue weighted by molar-refractivity contribution is 0.00592. The van der Waals surface area contributed by atoms with E-state index in [4.69, 9.17) is 10.6 Å². The molecule has 1 saturated carbocycles. The zero-order chi connectivity index (χ0) is 9.90. The fourth-order valence-electron chi connectivity index (χ4n) is 1.64. The first-order valence-corrected chi connectivity index (χ1v) is 5.08. The van der Waals surface area contributed by atoms with Gasteiger partial charge >= 0.3 is 0 Å². The molecule has 0 spiro atoms. The van der Waals surface area contributed by atoms with Crippen molar-refractivity contribution in [1.82, 2.24) is 5.43 Å². The number of nitrogens with two attached hydrogens (primary N) is 1. The van der Waals surface area contributed by atoms with Crippen LogP contribution in [0.3, 0.4) is 0 Å². The third-order valence-corrected chi connectivity index (χ3v) is 2.84. The summed E-state index contributed by atoms with van der Waals surface area (Å²) < 4.78 is 5.38. The smallest absolute Gasteiger partial charge is 0.0638 e. The van der Waals surface area contributed by atoms with Crippen LogP contribution in [-0.4, -0.2) is 18.8 Å². The Morgan fingerprint density at radius 2 is 2.15 bits per heavy atom. The van der Waals surface area contributed by atoms with Gasteiger partial charge in [0.2, 0.25) is 0 Å². The Hall–Kier alpha value is -0.120. The van der Waals surface area contributed by atoms with Crippen LogP contribution in [0.2, 0.25) is 0 Å². The first kappa shape index (κ1) is 11.0. The van der Waals surface area contributed by atoms with Crippen molar-refractivity contribution in [1.29, 1.82) is 0 Å². The minimum Gasteiger partial charge on any atom is -0.379 e. The first-order chi connectivity index (χ1) is 6.07. The topological polar surface area (TPSA) is 47.3 Å². The molecule has 0 saturated heterocycles. The van der Waals surface area contributed by atoms with Gasteiger partial charge in [0.1, 0.15) is 0 Å². The summed E-state index contributed by atoms with van der Waals surface area (Å²) in [4.78, 5) is 0.